The summed E-state index contributed by atoms with van der Waals surface area (Å²) >= 11 is 0. The van der Waals surface area contributed by atoms with Crippen molar-refractivity contribution in [2.75, 3.05) is 35.0 Å². The van der Waals surface area contributed by atoms with Crippen LogP contribution in [0.1, 0.15) is 27.2 Å². The summed E-state index contributed by atoms with van der Waals surface area (Å²) in [6.07, 6.45) is 1.10. The zero-order valence-corrected chi connectivity index (χ0v) is 14.6. The Labute approximate surface area is 119 Å². The average Bonchev–Trinajstić information content (AvgIpc) is 2.47. The lowest BCUT2D eigenvalue weighted by molar-refractivity contribution is -0.116. The van der Waals surface area contributed by atoms with Crippen molar-refractivity contribution in [1.82, 2.24) is 4.90 Å². The molecule has 2 atom stereocenters. The van der Waals surface area contributed by atoms with Gasteiger partial charge in [0.15, 0.2) is 0 Å². The van der Waals surface area contributed by atoms with E-state index in [0.29, 0.717) is 0 Å². The SMILES string of the molecule is CC[Si](CCCN(C(C)OC)C(C)OC)(OC)OC. The summed E-state index contributed by atoms with van der Waals surface area (Å²) in [4.78, 5) is 2.19. The van der Waals surface area contributed by atoms with Crippen molar-refractivity contribution in [3.05, 3.63) is 0 Å². The van der Waals surface area contributed by atoms with Gasteiger partial charge in [-0.3, -0.25) is 4.90 Å². The molecule has 0 aliphatic carbocycles. The Morgan fingerprint density at radius 2 is 1.42 bits per heavy atom. The molecule has 116 valence electrons. The Bertz CT molecular complexity index is 208. The van der Waals surface area contributed by atoms with Gasteiger partial charge in [0.1, 0.15) is 12.5 Å². The third-order valence-electron chi connectivity index (χ3n) is 3.87. The lowest BCUT2D eigenvalue weighted by Crippen LogP contribution is -2.44. The zero-order chi connectivity index (χ0) is 14.9. The molecule has 0 bridgehead atoms. The second-order valence-corrected chi connectivity index (χ2v) is 8.53. The van der Waals surface area contributed by atoms with Gasteiger partial charge in [0.05, 0.1) is 0 Å². The Kier molecular flexibility index (Phi) is 9.86. The maximum Gasteiger partial charge on any atom is 0.337 e. The maximum atomic E-state index is 5.63. The molecule has 0 aromatic carbocycles. The standard InChI is InChI=1S/C13H31NO4Si/c1-8-19(17-6,18-7)11-9-10-14(12(2)15-4)13(3)16-5/h12-13H,8-11H2,1-7H3. The van der Waals surface area contributed by atoms with E-state index in [2.05, 4.69) is 11.8 Å². The van der Waals surface area contributed by atoms with Crippen molar-refractivity contribution in [3.8, 4) is 0 Å². The average molecular weight is 293 g/mol. The molecule has 0 N–H and O–H groups in total. The van der Waals surface area contributed by atoms with E-state index in [1.807, 2.05) is 13.8 Å². The van der Waals surface area contributed by atoms with Crippen LogP contribution in [-0.4, -0.2) is 60.9 Å². The molecule has 0 aliphatic rings. The van der Waals surface area contributed by atoms with Crippen LogP contribution in [0.5, 0.6) is 0 Å². The van der Waals surface area contributed by atoms with Gasteiger partial charge in [0.2, 0.25) is 0 Å². The topological polar surface area (TPSA) is 40.2 Å². The molecule has 0 spiro atoms. The molecule has 0 radical (unpaired) electrons. The number of hydrogen-bond acceptors (Lipinski definition) is 5. The van der Waals surface area contributed by atoms with Gasteiger partial charge >= 0.3 is 8.56 Å². The van der Waals surface area contributed by atoms with Gasteiger partial charge in [-0.15, -0.1) is 0 Å². The molecule has 0 aliphatic heterocycles. The van der Waals surface area contributed by atoms with Gasteiger partial charge in [0.25, 0.3) is 0 Å². The Hall–Kier alpha value is 0.0169. The minimum atomic E-state index is -1.98. The normalized spacial score (nSPS) is 15.8. The predicted molar refractivity (Wildman–Crippen MR) is 79.3 cm³/mol. The first-order valence-electron chi connectivity index (χ1n) is 6.91. The fraction of sp³-hybridized carbons (Fsp3) is 1.00. The lowest BCUT2D eigenvalue weighted by Gasteiger charge is -2.33. The second-order valence-electron chi connectivity index (χ2n) is 4.68. The first-order chi connectivity index (χ1) is 9.00. The molecule has 19 heavy (non-hydrogen) atoms. The lowest BCUT2D eigenvalue weighted by atomic mass is 10.3. The fourth-order valence-electron chi connectivity index (χ4n) is 2.21. The molecule has 2 unspecified atom stereocenters. The van der Waals surface area contributed by atoms with E-state index in [1.165, 1.54) is 0 Å². The molecule has 0 heterocycles. The van der Waals surface area contributed by atoms with E-state index in [0.717, 1.165) is 25.1 Å². The van der Waals surface area contributed by atoms with E-state index in [9.17, 15) is 0 Å². The third kappa shape index (κ3) is 5.89. The highest BCUT2D eigenvalue weighted by Gasteiger charge is 2.33. The van der Waals surface area contributed by atoms with E-state index in [4.69, 9.17) is 18.3 Å². The quantitative estimate of drug-likeness (QED) is 0.432. The predicted octanol–water partition coefficient (Wildman–Crippen LogP) is 2.42. The van der Waals surface area contributed by atoms with Gasteiger partial charge in [-0.2, -0.15) is 0 Å². The van der Waals surface area contributed by atoms with Crippen LogP contribution in [0.4, 0.5) is 0 Å². The summed E-state index contributed by atoms with van der Waals surface area (Å²) in [5.74, 6) is 0. The van der Waals surface area contributed by atoms with Gasteiger partial charge in [-0.25, -0.2) is 0 Å². The minimum Gasteiger partial charge on any atom is -0.398 e. The monoisotopic (exact) mass is 293 g/mol. The Morgan fingerprint density at radius 1 is 0.947 bits per heavy atom. The smallest absolute Gasteiger partial charge is 0.337 e. The van der Waals surface area contributed by atoms with Crippen molar-refractivity contribution in [2.45, 2.75) is 51.7 Å². The maximum absolute atomic E-state index is 5.63. The molecule has 0 aromatic rings. The van der Waals surface area contributed by atoms with Crippen LogP contribution in [-0.2, 0) is 18.3 Å². The van der Waals surface area contributed by atoms with Gasteiger partial charge in [-0.1, -0.05) is 6.92 Å². The summed E-state index contributed by atoms with van der Waals surface area (Å²) in [7, 11) is 4.97. The van der Waals surface area contributed by atoms with Crippen LogP contribution in [0, 0.1) is 0 Å². The van der Waals surface area contributed by atoms with Crippen LogP contribution in [0.2, 0.25) is 12.1 Å². The molecular weight excluding hydrogens is 262 g/mol. The van der Waals surface area contributed by atoms with E-state index < -0.39 is 8.56 Å². The zero-order valence-electron chi connectivity index (χ0n) is 13.6. The van der Waals surface area contributed by atoms with Gasteiger partial charge in [0, 0.05) is 35.0 Å². The molecule has 0 saturated heterocycles. The second kappa shape index (κ2) is 9.85. The van der Waals surface area contributed by atoms with Crippen molar-refractivity contribution < 1.29 is 18.3 Å². The summed E-state index contributed by atoms with van der Waals surface area (Å²) in [5, 5.41) is 0. The van der Waals surface area contributed by atoms with Crippen molar-refractivity contribution >= 4 is 8.56 Å². The van der Waals surface area contributed by atoms with E-state index >= 15 is 0 Å². The van der Waals surface area contributed by atoms with Crippen molar-refractivity contribution in [1.29, 1.82) is 0 Å². The summed E-state index contributed by atoms with van der Waals surface area (Å²) in [6.45, 7) is 7.11. The third-order valence-corrected chi connectivity index (χ3v) is 7.55. The molecule has 0 saturated carbocycles. The first kappa shape index (κ1) is 19.0. The number of rotatable bonds is 11. The number of nitrogens with zero attached hydrogens (tertiary/aromatic N) is 1. The number of hydrogen-bond donors (Lipinski definition) is 0. The minimum absolute atomic E-state index is 0.0396. The van der Waals surface area contributed by atoms with Crippen LogP contribution in [0.25, 0.3) is 0 Å². The Balaban J connectivity index is 4.39. The van der Waals surface area contributed by atoms with Gasteiger partial charge in [-0.05, 0) is 32.4 Å². The fourth-order valence-corrected chi connectivity index (χ4v) is 4.42. The van der Waals surface area contributed by atoms with Crippen LogP contribution < -0.4 is 0 Å². The summed E-state index contributed by atoms with van der Waals surface area (Å²) < 4.78 is 22.0. The molecular formula is C13H31NO4Si. The van der Waals surface area contributed by atoms with Crippen LogP contribution in [0.3, 0.4) is 0 Å². The molecule has 0 fully saturated rings. The molecule has 0 rings (SSSR count). The number of methoxy groups -OCH3 is 2. The molecule has 6 heteroatoms. The first-order valence-corrected chi connectivity index (χ1v) is 9.14. The highest BCUT2D eigenvalue weighted by atomic mass is 28.4. The van der Waals surface area contributed by atoms with Gasteiger partial charge < -0.3 is 18.3 Å². The van der Waals surface area contributed by atoms with Crippen molar-refractivity contribution in [3.63, 3.8) is 0 Å². The summed E-state index contributed by atoms with van der Waals surface area (Å²) in [5.41, 5.74) is 0. The van der Waals surface area contributed by atoms with E-state index in [-0.39, 0.29) is 12.5 Å². The summed E-state index contributed by atoms with van der Waals surface area (Å²) in [6, 6.07) is 1.96. The molecule has 5 nitrogen and oxygen atoms in total. The Morgan fingerprint density at radius 3 is 1.74 bits per heavy atom. The molecule has 0 aromatic heterocycles. The van der Waals surface area contributed by atoms with Crippen LogP contribution in [0.15, 0.2) is 0 Å². The van der Waals surface area contributed by atoms with Crippen LogP contribution >= 0.6 is 0 Å². The highest BCUT2D eigenvalue weighted by molar-refractivity contribution is 6.67. The van der Waals surface area contributed by atoms with E-state index in [1.54, 1.807) is 28.4 Å². The van der Waals surface area contributed by atoms with Crippen molar-refractivity contribution in [2.24, 2.45) is 0 Å². The highest BCUT2D eigenvalue weighted by Crippen LogP contribution is 2.20. The number of ether oxygens (including phenoxy) is 2. The largest absolute Gasteiger partial charge is 0.398 e. The molecule has 0 amide bonds.